The minimum Gasteiger partial charge on any atom is -0.497 e. The summed E-state index contributed by atoms with van der Waals surface area (Å²) in [5, 5.41) is 14.6. The summed E-state index contributed by atoms with van der Waals surface area (Å²) in [5.74, 6) is 2.24. The molecule has 4 rings (SSSR count). The number of benzene rings is 1. The highest BCUT2D eigenvalue weighted by Crippen LogP contribution is 2.35. The Morgan fingerprint density at radius 1 is 1.26 bits per heavy atom. The summed E-state index contributed by atoms with van der Waals surface area (Å²) in [6.45, 7) is 0.335. The zero-order valence-electron chi connectivity index (χ0n) is 12.9. The first-order valence-corrected chi connectivity index (χ1v) is 8.67. The highest BCUT2D eigenvalue weighted by molar-refractivity contribution is 8.00. The number of hydrogen-bond donors (Lipinski definition) is 0. The van der Waals surface area contributed by atoms with E-state index < -0.39 is 0 Å². The van der Waals surface area contributed by atoms with Crippen molar-refractivity contribution in [2.45, 2.75) is 42.7 Å². The Balaban J connectivity index is 1.52. The molecule has 6 nitrogen and oxygen atoms in total. The van der Waals surface area contributed by atoms with E-state index in [2.05, 4.69) is 10.2 Å². The molecule has 120 valence electrons. The monoisotopic (exact) mass is 330 g/mol. The van der Waals surface area contributed by atoms with Gasteiger partial charge in [0.1, 0.15) is 18.1 Å². The second kappa shape index (κ2) is 6.23. The van der Waals surface area contributed by atoms with Gasteiger partial charge < -0.3 is 9.47 Å². The van der Waals surface area contributed by atoms with Gasteiger partial charge >= 0.3 is 0 Å². The summed E-state index contributed by atoms with van der Waals surface area (Å²) in [6, 6.07) is 7.53. The minimum absolute atomic E-state index is 0.335. The van der Waals surface area contributed by atoms with E-state index in [1.807, 2.05) is 28.9 Å². The van der Waals surface area contributed by atoms with E-state index in [1.165, 1.54) is 25.0 Å². The van der Waals surface area contributed by atoms with Crippen molar-refractivity contribution in [3.8, 4) is 11.5 Å². The number of fused-ring (bicyclic) bond motifs is 2. The fourth-order valence-electron chi connectivity index (χ4n) is 2.86. The van der Waals surface area contributed by atoms with Crippen LogP contribution in [0.1, 0.15) is 31.5 Å². The van der Waals surface area contributed by atoms with Crippen molar-refractivity contribution >= 4 is 17.5 Å². The topological polar surface area (TPSA) is 61.5 Å². The number of methoxy groups -OCH3 is 1. The van der Waals surface area contributed by atoms with Gasteiger partial charge in [-0.3, -0.25) is 0 Å². The van der Waals surface area contributed by atoms with Crippen molar-refractivity contribution < 1.29 is 9.47 Å². The van der Waals surface area contributed by atoms with Crippen LogP contribution in [-0.4, -0.2) is 32.9 Å². The molecule has 7 heteroatoms. The molecule has 1 atom stereocenters. The molecule has 0 N–H and O–H groups in total. The van der Waals surface area contributed by atoms with Gasteiger partial charge in [0.2, 0.25) is 5.16 Å². The van der Waals surface area contributed by atoms with Crippen molar-refractivity contribution in [1.29, 1.82) is 0 Å². The van der Waals surface area contributed by atoms with E-state index in [0.717, 1.165) is 28.9 Å². The number of nitrogens with zero attached hydrogens (tertiary/aromatic N) is 4. The summed E-state index contributed by atoms with van der Waals surface area (Å²) < 4.78 is 12.9. The molecule has 1 aliphatic carbocycles. The molecule has 0 spiro atoms. The van der Waals surface area contributed by atoms with Crippen LogP contribution in [0.4, 0.5) is 0 Å². The molecular formula is C16H18N4O2S. The summed E-state index contributed by atoms with van der Waals surface area (Å²) >= 11 is 1.77. The lowest BCUT2D eigenvalue weighted by atomic mass is 9.98. The van der Waals surface area contributed by atoms with Gasteiger partial charge in [0.15, 0.2) is 5.82 Å². The van der Waals surface area contributed by atoms with E-state index in [-0.39, 0.29) is 0 Å². The maximum absolute atomic E-state index is 5.81. The van der Waals surface area contributed by atoms with Crippen LogP contribution in [0.25, 0.3) is 0 Å². The average Bonchev–Trinajstić information content (AvgIpc) is 3.00. The van der Waals surface area contributed by atoms with Crippen LogP contribution >= 0.6 is 11.8 Å². The zero-order valence-corrected chi connectivity index (χ0v) is 13.8. The van der Waals surface area contributed by atoms with Crippen molar-refractivity contribution in [3.63, 3.8) is 0 Å². The third-order valence-electron chi connectivity index (χ3n) is 4.08. The van der Waals surface area contributed by atoms with Crippen LogP contribution in [0.5, 0.6) is 11.5 Å². The first-order valence-electron chi connectivity index (χ1n) is 7.79. The Kier molecular flexibility index (Phi) is 3.95. The van der Waals surface area contributed by atoms with E-state index in [4.69, 9.17) is 14.6 Å². The average molecular weight is 330 g/mol. The van der Waals surface area contributed by atoms with Gasteiger partial charge in [0.05, 0.1) is 18.1 Å². The predicted molar refractivity (Wildman–Crippen MR) is 88.3 cm³/mol. The summed E-state index contributed by atoms with van der Waals surface area (Å²) in [7, 11) is 1.64. The maximum Gasteiger partial charge on any atom is 0.212 e. The Labute approximate surface area is 138 Å². The van der Waals surface area contributed by atoms with E-state index >= 15 is 0 Å². The molecule has 2 aliphatic rings. The fraction of sp³-hybridized carbons (Fsp3) is 0.438. The third kappa shape index (κ3) is 2.93. The Hall–Kier alpha value is -2.02. The molecule has 2 aromatic rings. The third-order valence-corrected chi connectivity index (χ3v) is 5.34. The summed E-state index contributed by atoms with van der Waals surface area (Å²) in [5.41, 5.74) is 1.26. The first-order chi connectivity index (χ1) is 11.3. The van der Waals surface area contributed by atoms with Gasteiger partial charge in [-0.05, 0) is 31.4 Å². The Bertz CT molecular complexity index is 743. The van der Waals surface area contributed by atoms with Crippen LogP contribution in [0.2, 0.25) is 0 Å². The molecule has 23 heavy (non-hydrogen) atoms. The number of hydrogen-bond acceptors (Lipinski definition) is 6. The molecule has 0 radical (unpaired) electrons. The molecule has 1 aromatic carbocycles. The highest BCUT2D eigenvalue weighted by Gasteiger charge is 2.29. The number of ether oxygens (including phenoxy) is 2. The molecule has 1 saturated carbocycles. The van der Waals surface area contributed by atoms with Crippen LogP contribution in [-0.2, 0) is 6.61 Å². The molecule has 0 amide bonds. The van der Waals surface area contributed by atoms with Crippen molar-refractivity contribution in [3.05, 3.63) is 30.1 Å². The second-order valence-corrected chi connectivity index (χ2v) is 6.79. The maximum atomic E-state index is 5.81. The summed E-state index contributed by atoms with van der Waals surface area (Å²) in [6.07, 6.45) is 4.76. The fourth-order valence-corrected chi connectivity index (χ4v) is 4.03. The molecule has 1 fully saturated rings. The van der Waals surface area contributed by atoms with Gasteiger partial charge in [0.25, 0.3) is 0 Å². The van der Waals surface area contributed by atoms with Gasteiger partial charge in [-0.2, -0.15) is 9.78 Å². The van der Waals surface area contributed by atoms with Crippen LogP contribution in [0.15, 0.2) is 34.5 Å². The predicted octanol–water partition coefficient (Wildman–Crippen LogP) is 3.12. The lowest BCUT2D eigenvalue weighted by Crippen LogP contribution is -2.27. The smallest absolute Gasteiger partial charge is 0.212 e. The Morgan fingerprint density at radius 2 is 2.17 bits per heavy atom. The molecular weight excluding hydrogens is 312 g/mol. The van der Waals surface area contributed by atoms with Crippen molar-refractivity contribution in [2.75, 3.05) is 7.11 Å². The normalized spacial score (nSPS) is 19.5. The van der Waals surface area contributed by atoms with Crippen LogP contribution in [0.3, 0.4) is 0 Å². The Morgan fingerprint density at radius 3 is 3.09 bits per heavy atom. The molecule has 0 saturated heterocycles. The highest BCUT2D eigenvalue weighted by atomic mass is 32.2. The van der Waals surface area contributed by atoms with Crippen molar-refractivity contribution in [1.82, 2.24) is 14.9 Å². The summed E-state index contributed by atoms with van der Waals surface area (Å²) in [4.78, 5) is 0. The largest absolute Gasteiger partial charge is 0.497 e. The lowest BCUT2D eigenvalue weighted by molar-refractivity contribution is 0.287. The zero-order chi connectivity index (χ0) is 15.6. The molecule has 1 aromatic heterocycles. The van der Waals surface area contributed by atoms with Crippen LogP contribution in [0, 0.1) is 0 Å². The van der Waals surface area contributed by atoms with Crippen molar-refractivity contribution in [2.24, 2.45) is 5.10 Å². The van der Waals surface area contributed by atoms with Gasteiger partial charge in [-0.1, -0.05) is 24.2 Å². The SMILES string of the molecule is COc1cccc(OCc2nnc3n2N=C2CCCC[C@H]2S3)c1. The van der Waals surface area contributed by atoms with Gasteiger partial charge in [-0.25, -0.2) is 0 Å². The van der Waals surface area contributed by atoms with Gasteiger partial charge in [-0.15, -0.1) is 10.2 Å². The van der Waals surface area contributed by atoms with E-state index in [0.29, 0.717) is 11.9 Å². The molecule has 1 aliphatic heterocycles. The molecule has 2 heterocycles. The number of thioether (sulfide) groups is 1. The quantitative estimate of drug-likeness (QED) is 0.862. The minimum atomic E-state index is 0.335. The first kappa shape index (κ1) is 14.6. The van der Waals surface area contributed by atoms with Gasteiger partial charge in [0, 0.05) is 6.07 Å². The molecule has 0 bridgehead atoms. The number of aromatic nitrogens is 3. The van der Waals surface area contributed by atoms with E-state index in [1.54, 1.807) is 18.9 Å². The lowest BCUT2D eigenvalue weighted by Gasteiger charge is -2.26. The van der Waals surface area contributed by atoms with Crippen LogP contribution < -0.4 is 9.47 Å². The standard InChI is InChI=1S/C16H18N4O2S/c1-21-11-5-4-6-12(9-11)22-10-15-17-18-16-20(15)19-13-7-2-3-8-14(13)23-16/h4-6,9,14H,2-3,7-8,10H2,1H3/t14-/m1/s1. The second-order valence-electron chi connectivity index (χ2n) is 5.62. The van der Waals surface area contributed by atoms with E-state index in [9.17, 15) is 0 Å². The molecule has 0 unspecified atom stereocenters. The number of rotatable bonds is 4.